The van der Waals surface area contributed by atoms with Crippen molar-refractivity contribution in [3.05, 3.63) is 17.7 Å². The van der Waals surface area contributed by atoms with Gasteiger partial charge < -0.3 is 10.3 Å². The molecule has 3 N–H and O–H groups in total. The van der Waals surface area contributed by atoms with Gasteiger partial charge in [0.1, 0.15) is 0 Å². The van der Waals surface area contributed by atoms with E-state index in [1.165, 1.54) is 12.8 Å². The highest BCUT2D eigenvalue weighted by molar-refractivity contribution is 5.48. The number of hydrogen-bond donors (Lipinski definition) is 2. The third kappa shape index (κ3) is 2.69. The zero-order valence-corrected chi connectivity index (χ0v) is 10.4. The molecule has 0 atom stereocenters. The van der Waals surface area contributed by atoms with Gasteiger partial charge in [-0.2, -0.15) is 0 Å². The van der Waals surface area contributed by atoms with E-state index in [0.717, 1.165) is 25.5 Å². The minimum atomic E-state index is -0.784. The van der Waals surface area contributed by atoms with Crippen molar-refractivity contribution >= 4 is 11.6 Å². The van der Waals surface area contributed by atoms with Gasteiger partial charge in [-0.3, -0.25) is 0 Å². The minimum Gasteiger partial charge on any atom is -0.357 e. The van der Waals surface area contributed by atoms with Crippen LogP contribution in [0.1, 0.15) is 25.7 Å². The van der Waals surface area contributed by atoms with E-state index in [4.69, 9.17) is 5.84 Å². The molecule has 0 bridgehead atoms. The van der Waals surface area contributed by atoms with Gasteiger partial charge in [0.15, 0.2) is 23.3 Å². The van der Waals surface area contributed by atoms with E-state index in [1.807, 2.05) is 0 Å². The van der Waals surface area contributed by atoms with Gasteiger partial charge in [-0.25, -0.2) is 19.6 Å². The molecule has 0 radical (unpaired) electrons. The second-order valence-corrected chi connectivity index (χ2v) is 4.80. The fourth-order valence-corrected chi connectivity index (χ4v) is 2.49. The van der Waals surface area contributed by atoms with Gasteiger partial charge in [-0.05, 0) is 18.8 Å². The van der Waals surface area contributed by atoms with Gasteiger partial charge in [0.05, 0.1) is 0 Å². The summed E-state index contributed by atoms with van der Waals surface area (Å²) in [5, 5.41) is 0. The zero-order chi connectivity index (χ0) is 13.1. The van der Waals surface area contributed by atoms with Crippen LogP contribution >= 0.6 is 0 Å². The molecular formula is C12H18F2N4. The number of hydrogen-bond acceptors (Lipinski definition) is 4. The molecule has 1 fully saturated rings. The Morgan fingerprint density at radius 2 is 2.06 bits per heavy atom. The number of nitrogens with two attached hydrogens (primary N) is 1. The predicted molar refractivity (Wildman–Crippen MR) is 67.2 cm³/mol. The second-order valence-electron chi connectivity index (χ2n) is 4.80. The first-order chi connectivity index (χ1) is 8.61. The number of nitrogens with zero attached hydrogens (tertiary/aromatic N) is 2. The number of halogens is 2. The summed E-state index contributed by atoms with van der Waals surface area (Å²) in [5.41, 5.74) is 2.13. The van der Waals surface area contributed by atoms with E-state index in [0.29, 0.717) is 5.92 Å². The van der Waals surface area contributed by atoms with Crippen LogP contribution in [0.2, 0.25) is 0 Å². The fourth-order valence-electron chi connectivity index (χ4n) is 2.49. The SMILES string of the molecule is CN(CC1CCCC1)c1nc(NN)c(F)cc1F. The number of anilines is 2. The third-order valence-corrected chi connectivity index (χ3v) is 3.42. The van der Waals surface area contributed by atoms with Gasteiger partial charge in [0.25, 0.3) is 0 Å². The standard InChI is InChI=1S/C12H18F2N4/c1-18(7-8-4-2-3-5-8)12-10(14)6-9(13)11(16-12)17-15/h6,8H,2-5,7,15H2,1H3,(H,16,17). The second kappa shape index (κ2) is 5.48. The highest BCUT2D eigenvalue weighted by Crippen LogP contribution is 2.28. The van der Waals surface area contributed by atoms with Crippen LogP contribution in [0.5, 0.6) is 0 Å². The first-order valence-corrected chi connectivity index (χ1v) is 6.15. The topological polar surface area (TPSA) is 54.2 Å². The first-order valence-electron chi connectivity index (χ1n) is 6.15. The van der Waals surface area contributed by atoms with Gasteiger partial charge in [-0.15, -0.1) is 0 Å². The zero-order valence-electron chi connectivity index (χ0n) is 10.4. The molecule has 1 aliphatic carbocycles. The first kappa shape index (κ1) is 13.0. The predicted octanol–water partition coefficient (Wildman–Crippen LogP) is 2.27. The number of nitrogen functional groups attached to an aromatic ring is 1. The summed E-state index contributed by atoms with van der Waals surface area (Å²) in [6, 6.07) is 0.808. The highest BCUT2D eigenvalue weighted by Gasteiger charge is 2.20. The van der Waals surface area contributed by atoms with E-state index in [2.05, 4.69) is 10.4 Å². The van der Waals surface area contributed by atoms with Gasteiger partial charge in [-0.1, -0.05) is 12.8 Å². The smallest absolute Gasteiger partial charge is 0.178 e. The lowest BCUT2D eigenvalue weighted by Gasteiger charge is -2.23. The Hall–Kier alpha value is -1.43. The maximum atomic E-state index is 13.7. The molecule has 1 heterocycles. The van der Waals surface area contributed by atoms with Gasteiger partial charge >= 0.3 is 0 Å². The van der Waals surface area contributed by atoms with Gasteiger partial charge in [0.2, 0.25) is 0 Å². The van der Waals surface area contributed by atoms with Crippen LogP contribution in [0, 0.1) is 17.6 Å². The van der Waals surface area contributed by atoms with Crippen LogP contribution in [0.3, 0.4) is 0 Å². The molecule has 0 amide bonds. The van der Waals surface area contributed by atoms with Crippen molar-refractivity contribution in [3.8, 4) is 0 Å². The molecule has 18 heavy (non-hydrogen) atoms. The molecule has 1 aliphatic rings. The molecule has 4 nitrogen and oxygen atoms in total. The maximum absolute atomic E-state index is 13.7. The molecule has 2 rings (SSSR count). The lowest BCUT2D eigenvalue weighted by molar-refractivity contribution is 0.530. The summed E-state index contributed by atoms with van der Waals surface area (Å²) in [5.74, 6) is 4.26. The number of aromatic nitrogens is 1. The normalized spacial score (nSPS) is 16.0. The maximum Gasteiger partial charge on any atom is 0.178 e. The average Bonchev–Trinajstić information content (AvgIpc) is 2.81. The quantitative estimate of drug-likeness (QED) is 0.641. The summed E-state index contributed by atoms with van der Waals surface area (Å²) in [6.45, 7) is 0.736. The summed E-state index contributed by atoms with van der Waals surface area (Å²) in [4.78, 5) is 5.60. The molecule has 0 unspecified atom stereocenters. The molecule has 1 saturated carbocycles. The number of pyridine rings is 1. The fraction of sp³-hybridized carbons (Fsp3) is 0.583. The van der Waals surface area contributed by atoms with Crippen molar-refractivity contribution in [1.29, 1.82) is 0 Å². The van der Waals surface area contributed by atoms with E-state index in [-0.39, 0.29) is 11.6 Å². The van der Waals surface area contributed by atoms with Crippen LogP contribution in [0.15, 0.2) is 6.07 Å². The summed E-state index contributed by atoms with van der Waals surface area (Å²) in [6.07, 6.45) is 4.78. The number of hydrazine groups is 1. The van der Waals surface area contributed by atoms with Crippen molar-refractivity contribution in [2.24, 2.45) is 11.8 Å². The Labute approximate surface area is 105 Å². The molecular weight excluding hydrogens is 238 g/mol. The van der Waals surface area contributed by atoms with E-state index < -0.39 is 11.6 Å². The van der Waals surface area contributed by atoms with Gasteiger partial charge in [0, 0.05) is 19.7 Å². The monoisotopic (exact) mass is 256 g/mol. The number of nitrogens with one attached hydrogen (secondary N) is 1. The van der Waals surface area contributed by atoms with E-state index in [1.54, 1.807) is 11.9 Å². The van der Waals surface area contributed by atoms with E-state index in [9.17, 15) is 8.78 Å². The van der Waals surface area contributed by atoms with Crippen LogP contribution in [-0.2, 0) is 0 Å². The molecule has 1 aromatic rings. The van der Waals surface area contributed by atoms with Crippen molar-refractivity contribution in [1.82, 2.24) is 4.98 Å². The third-order valence-electron chi connectivity index (χ3n) is 3.42. The minimum absolute atomic E-state index is 0.135. The Balaban J connectivity index is 2.15. The Bertz CT molecular complexity index is 419. The molecule has 100 valence electrons. The van der Waals surface area contributed by atoms with E-state index >= 15 is 0 Å². The largest absolute Gasteiger partial charge is 0.357 e. The molecule has 0 saturated heterocycles. The molecule has 6 heteroatoms. The summed E-state index contributed by atoms with van der Waals surface area (Å²) in [7, 11) is 1.77. The Kier molecular flexibility index (Phi) is 3.96. The van der Waals surface area contributed by atoms with Crippen LogP contribution < -0.4 is 16.2 Å². The highest BCUT2D eigenvalue weighted by atomic mass is 19.1. The molecule has 0 spiro atoms. The van der Waals surface area contributed by atoms with Crippen LogP contribution in [0.4, 0.5) is 20.4 Å². The van der Waals surface area contributed by atoms with Crippen molar-refractivity contribution in [3.63, 3.8) is 0 Å². The van der Waals surface area contributed by atoms with Crippen molar-refractivity contribution in [2.75, 3.05) is 23.9 Å². The molecule has 1 aromatic heterocycles. The summed E-state index contributed by atoms with van der Waals surface area (Å²) < 4.78 is 26.9. The lowest BCUT2D eigenvalue weighted by atomic mass is 10.1. The van der Waals surface area contributed by atoms with Crippen molar-refractivity contribution < 1.29 is 8.78 Å². The van der Waals surface area contributed by atoms with Crippen LogP contribution in [0.25, 0.3) is 0 Å². The number of rotatable bonds is 4. The Morgan fingerprint density at radius 3 is 2.67 bits per heavy atom. The molecule has 0 aliphatic heterocycles. The van der Waals surface area contributed by atoms with Crippen LogP contribution in [-0.4, -0.2) is 18.6 Å². The Morgan fingerprint density at radius 1 is 1.39 bits per heavy atom. The van der Waals surface area contributed by atoms with Crippen molar-refractivity contribution in [2.45, 2.75) is 25.7 Å². The average molecular weight is 256 g/mol. The summed E-state index contributed by atoms with van der Waals surface area (Å²) >= 11 is 0. The lowest BCUT2D eigenvalue weighted by Crippen LogP contribution is -2.26. The molecule has 0 aromatic carbocycles.